The molecule has 3 nitrogen and oxygen atoms in total. The van der Waals surface area contributed by atoms with E-state index < -0.39 is 57.1 Å². The number of benzene rings is 1. The maximum absolute atomic E-state index is 14.5. The van der Waals surface area contributed by atoms with Crippen molar-refractivity contribution in [1.29, 1.82) is 5.26 Å². The molecule has 1 N–H and O–H groups in total. The van der Waals surface area contributed by atoms with Gasteiger partial charge < -0.3 is 5.11 Å². The molecule has 1 aliphatic rings. The van der Waals surface area contributed by atoms with Crippen molar-refractivity contribution >= 4 is 5.97 Å². The molecule has 25 heavy (non-hydrogen) atoms. The van der Waals surface area contributed by atoms with Gasteiger partial charge in [-0.3, -0.25) is 4.79 Å². The molecule has 0 bridgehead atoms. The average molecular weight is 361 g/mol. The first-order valence-electron chi connectivity index (χ1n) is 7.37. The lowest BCUT2D eigenvalue weighted by Gasteiger charge is -2.24. The lowest BCUT2D eigenvalue weighted by Crippen LogP contribution is -2.31. The molecule has 0 saturated heterocycles. The third kappa shape index (κ3) is 2.11. The Kier molecular flexibility index (Phi) is 3.96. The zero-order valence-electron chi connectivity index (χ0n) is 13.9. The Labute approximate surface area is 141 Å². The van der Waals surface area contributed by atoms with Crippen molar-refractivity contribution in [2.24, 2.45) is 16.2 Å². The summed E-state index contributed by atoms with van der Waals surface area (Å²) in [5.41, 5.74) is -6.96. The molecule has 0 heterocycles. The maximum Gasteiger partial charge on any atom is 0.419 e. The lowest BCUT2D eigenvalue weighted by molar-refractivity contribution is -0.146. The quantitative estimate of drug-likeness (QED) is 0.792. The van der Waals surface area contributed by atoms with Gasteiger partial charge in [-0.2, -0.15) is 18.4 Å². The monoisotopic (exact) mass is 361 g/mol. The topological polar surface area (TPSA) is 61.1 Å². The number of carboxylic acid groups (broad SMARTS) is 1. The normalized spacial score (nSPS) is 21.3. The number of alkyl halides is 3. The van der Waals surface area contributed by atoms with E-state index in [2.05, 4.69) is 0 Å². The minimum Gasteiger partial charge on any atom is -0.481 e. The van der Waals surface area contributed by atoms with Crippen molar-refractivity contribution < 1.29 is 31.9 Å². The summed E-state index contributed by atoms with van der Waals surface area (Å²) in [6, 6.07) is 2.19. The van der Waals surface area contributed by atoms with Crippen LogP contribution < -0.4 is 0 Å². The van der Waals surface area contributed by atoms with E-state index in [9.17, 15) is 37.1 Å². The number of halogens is 5. The van der Waals surface area contributed by atoms with Gasteiger partial charge in [-0.05, 0) is 23.0 Å². The fraction of sp³-hybridized carbons (Fsp3) is 0.529. The maximum atomic E-state index is 14.5. The minimum atomic E-state index is -5.10. The highest BCUT2D eigenvalue weighted by molar-refractivity contribution is 5.84. The molecule has 1 saturated carbocycles. The van der Waals surface area contributed by atoms with Gasteiger partial charge in [0.2, 0.25) is 0 Å². The summed E-state index contributed by atoms with van der Waals surface area (Å²) in [5.74, 6) is -6.73. The van der Waals surface area contributed by atoms with Gasteiger partial charge in [0.1, 0.15) is 11.6 Å². The second kappa shape index (κ2) is 5.16. The molecule has 0 spiro atoms. The number of nitriles is 1. The number of rotatable bonds is 3. The molecule has 0 amide bonds. The van der Waals surface area contributed by atoms with Gasteiger partial charge in [0.15, 0.2) is 0 Å². The molecule has 0 radical (unpaired) electrons. The van der Waals surface area contributed by atoms with Gasteiger partial charge in [0, 0.05) is 5.56 Å². The summed E-state index contributed by atoms with van der Waals surface area (Å²) in [4.78, 5) is 12.0. The van der Waals surface area contributed by atoms with Crippen molar-refractivity contribution in [2.45, 2.75) is 39.8 Å². The van der Waals surface area contributed by atoms with Crippen LogP contribution >= 0.6 is 0 Å². The van der Waals surface area contributed by atoms with Crippen molar-refractivity contribution in [2.75, 3.05) is 0 Å². The number of aliphatic carboxylic acids is 1. The predicted octanol–water partition coefficient (Wildman–Crippen LogP) is 4.73. The lowest BCUT2D eigenvalue weighted by atomic mass is 9.76. The Bertz CT molecular complexity index is 775. The van der Waals surface area contributed by atoms with E-state index in [1.807, 2.05) is 0 Å². The molecule has 0 aliphatic heterocycles. The van der Waals surface area contributed by atoms with Crippen LogP contribution in [-0.2, 0) is 11.0 Å². The Morgan fingerprint density at radius 1 is 1.16 bits per heavy atom. The molecule has 1 unspecified atom stereocenters. The Balaban J connectivity index is 2.81. The van der Waals surface area contributed by atoms with E-state index >= 15 is 0 Å². The van der Waals surface area contributed by atoms with Crippen LogP contribution in [0.3, 0.4) is 0 Å². The fourth-order valence-electron chi connectivity index (χ4n) is 4.17. The summed E-state index contributed by atoms with van der Waals surface area (Å²) in [5, 5.41) is 19.2. The summed E-state index contributed by atoms with van der Waals surface area (Å²) >= 11 is 0. The van der Waals surface area contributed by atoms with Crippen molar-refractivity contribution in [1.82, 2.24) is 0 Å². The molecule has 0 aromatic heterocycles. The molecule has 1 atom stereocenters. The first kappa shape index (κ1) is 19.2. The smallest absolute Gasteiger partial charge is 0.419 e. The van der Waals surface area contributed by atoms with Crippen LogP contribution in [-0.4, -0.2) is 11.1 Å². The van der Waals surface area contributed by atoms with Gasteiger partial charge in [-0.25, -0.2) is 8.78 Å². The van der Waals surface area contributed by atoms with E-state index in [4.69, 9.17) is 0 Å². The van der Waals surface area contributed by atoms with Crippen LogP contribution in [0.5, 0.6) is 0 Å². The van der Waals surface area contributed by atoms with Crippen LogP contribution in [0.1, 0.15) is 44.7 Å². The van der Waals surface area contributed by atoms with Crippen molar-refractivity contribution in [3.05, 3.63) is 34.9 Å². The number of hydrogen-bond acceptors (Lipinski definition) is 2. The molecule has 1 aromatic rings. The van der Waals surface area contributed by atoms with Crippen LogP contribution in [0.4, 0.5) is 22.0 Å². The van der Waals surface area contributed by atoms with E-state index in [1.165, 1.54) is 27.7 Å². The molecular formula is C17H16F5NO2. The van der Waals surface area contributed by atoms with Gasteiger partial charge in [0.05, 0.1) is 23.0 Å². The van der Waals surface area contributed by atoms with Crippen molar-refractivity contribution in [3.63, 3.8) is 0 Å². The molecule has 1 aromatic carbocycles. The van der Waals surface area contributed by atoms with Gasteiger partial charge in [-0.15, -0.1) is 0 Å². The van der Waals surface area contributed by atoms with Gasteiger partial charge in [0.25, 0.3) is 0 Å². The highest BCUT2D eigenvalue weighted by atomic mass is 19.4. The van der Waals surface area contributed by atoms with Crippen LogP contribution in [0.2, 0.25) is 0 Å². The van der Waals surface area contributed by atoms with E-state index in [0.717, 1.165) is 0 Å². The summed E-state index contributed by atoms with van der Waals surface area (Å²) in [6.07, 6.45) is -5.10. The second-order valence-electron chi connectivity index (χ2n) is 7.25. The molecular weight excluding hydrogens is 345 g/mol. The minimum absolute atomic E-state index is 0.235. The second-order valence-corrected chi connectivity index (χ2v) is 7.25. The highest BCUT2D eigenvalue weighted by Crippen LogP contribution is 2.82. The van der Waals surface area contributed by atoms with E-state index in [-0.39, 0.29) is 6.07 Å². The highest BCUT2D eigenvalue weighted by Gasteiger charge is 2.84. The fourth-order valence-corrected chi connectivity index (χ4v) is 4.17. The number of nitrogens with zero attached hydrogens (tertiary/aromatic N) is 1. The van der Waals surface area contributed by atoms with Gasteiger partial charge in [-0.1, -0.05) is 27.7 Å². The summed E-state index contributed by atoms with van der Waals surface area (Å²) in [7, 11) is 0. The Morgan fingerprint density at radius 2 is 1.64 bits per heavy atom. The molecule has 2 rings (SSSR count). The molecule has 8 heteroatoms. The van der Waals surface area contributed by atoms with Crippen LogP contribution in [0.15, 0.2) is 12.1 Å². The zero-order chi connectivity index (χ0) is 19.6. The molecule has 136 valence electrons. The first-order chi connectivity index (χ1) is 11.2. The number of hydrogen-bond donors (Lipinski definition) is 1. The summed E-state index contributed by atoms with van der Waals surface area (Å²) < 4.78 is 67.5. The third-order valence-electron chi connectivity index (χ3n) is 6.09. The van der Waals surface area contributed by atoms with E-state index in [1.54, 1.807) is 6.07 Å². The standard InChI is InChI=1S/C17H16F5NO2/c1-14(2)15(3,4)16(14,13(24)25)9(7-23)11-10(18)6-5-8(12(11)19)17(20,21)22/h5-6,9H,1-4H3,(H,24,25). The third-order valence-corrected chi connectivity index (χ3v) is 6.09. The Hall–Kier alpha value is -2.17. The largest absolute Gasteiger partial charge is 0.481 e. The predicted molar refractivity (Wildman–Crippen MR) is 77.3 cm³/mol. The van der Waals surface area contributed by atoms with Crippen LogP contribution in [0, 0.1) is 39.2 Å². The number of carboxylic acids is 1. The first-order valence-corrected chi connectivity index (χ1v) is 7.37. The van der Waals surface area contributed by atoms with Crippen molar-refractivity contribution in [3.8, 4) is 6.07 Å². The average Bonchev–Trinajstić information content (AvgIpc) is 2.79. The SMILES string of the molecule is CC1(C)C(C)(C)C1(C(=O)O)C(C#N)c1c(F)ccc(C(F)(F)F)c1F. The molecule has 1 fully saturated rings. The Morgan fingerprint density at radius 3 is 1.96 bits per heavy atom. The number of carbonyl (C=O) groups is 1. The van der Waals surface area contributed by atoms with E-state index in [0.29, 0.717) is 6.07 Å². The van der Waals surface area contributed by atoms with Gasteiger partial charge >= 0.3 is 12.1 Å². The zero-order valence-corrected chi connectivity index (χ0v) is 13.9. The van der Waals surface area contributed by atoms with Crippen LogP contribution in [0.25, 0.3) is 0 Å². The summed E-state index contributed by atoms with van der Waals surface area (Å²) in [6.45, 7) is 6.04. The molecule has 1 aliphatic carbocycles.